The van der Waals surface area contributed by atoms with E-state index < -0.39 is 17.5 Å². The molecule has 1 aromatic rings. The van der Waals surface area contributed by atoms with Gasteiger partial charge in [0.1, 0.15) is 12.1 Å². The number of urea groups is 1. The second-order valence-electron chi connectivity index (χ2n) is 6.60. The van der Waals surface area contributed by atoms with Crippen molar-refractivity contribution in [3.63, 3.8) is 0 Å². The molecule has 2 N–H and O–H groups in total. The van der Waals surface area contributed by atoms with Crippen molar-refractivity contribution >= 4 is 17.8 Å². The van der Waals surface area contributed by atoms with Crippen LogP contribution in [0.4, 0.5) is 4.79 Å². The molecule has 1 fully saturated rings. The molecule has 2 heterocycles. The van der Waals surface area contributed by atoms with Gasteiger partial charge in [0.15, 0.2) is 11.5 Å². The molecule has 0 bridgehead atoms. The monoisotopic (exact) mass is 361 g/mol. The van der Waals surface area contributed by atoms with E-state index in [1.807, 2.05) is 13.8 Å². The van der Waals surface area contributed by atoms with Gasteiger partial charge in [0.05, 0.1) is 0 Å². The number of nitrogens with zero attached hydrogens (tertiary/aromatic N) is 1. The highest BCUT2D eigenvalue weighted by Crippen LogP contribution is 2.37. The van der Waals surface area contributed by atoms with Crippen molar-refractivity contribution in [2.45, 2.75) is 45.2 Å². The summed E-state index contributed by atoms with van der Waals surface area (Å²) in [6.45, 7) is 5.38. The molecular formula is C18H23N3O5. The predicted octanol–water partition coefficient (Wildman–Crippen LogP) is 1.49. The van der Waals surface area contributed by atoms with E-state index >= 15 is 0 Å². The van der Waals surface area contributed by atoms with E-state index in [1.165, 1.54) is 0 Å². The summed E-state index contributed by atoms with van der Waals surface area (Å²) in [5.74, 6) is 0.296. The highest BCUT2D eigenvalue weighted by molar-refractivity contribution is 6.09. The molecule has 1 aromatic carbocycles. The normalized spacial score (nSPS) is 21.3. The highest BCUT2D eigenvalue weighted by Gasteiger charge is 2.49. The summed E-state index contributed by atoms with van der Waals surface area (Å²) < 4.78 is 10.6. The van der Waals surface area contributed by atoms with Crippen LogP contribution in [0.15, 0.2) is 18.2 Å². The Morgan fingerprint density at radius 2 is 1.96 bits per heavy atom. The number of amides is 4. The molecule has 0 unspecified atom stereocenters. The number of carbonyl (C=O) groups is 3. The molecule has 4 amide bonds. The van der Waals surface area contributed by atoms with Crippen molar-refractivity contribution in [2.24, 2.45) is 0 Å². The average molecular weight is 361 g/mol. The Bertz CT molecular complexity index is 746. The minimum atomic E-state index is -1.26. The molecule has 2 aliphatic heterocycles. The summed E-state index contributed by atoms with van der Waals surface area (Å²) in [6.07, 6.45) is 1.58. The van der Waals surface area contributed by atoms with Gasteiger partial charge < -0.3 is 20.1 Å². The average Bonchev–Trinajstić information content (AvgIpc) is 3.18. The summed E-state index contributed by atoms with van der Waals surface area (Å²) in [7, 11) is 0. The zero-order valence-corrected chi connectivity index (χ0v) is 15.1. The Morgan fingerprint density at radius 3 is 2.65 bits per heavy atom. The summed E-state index contributed by atoms with van der Waals surface area (Å²) >= 11 is 0. The van der Waals surface area contributed by atoms with Crippen molar-refractivity contribution in [1.82, 2.24) is 15.5 Å². The van der Waals surface area contributed by atoms with E-state index in [1.54, 1.807) is 25.1 Å². The standard InChI is InChI=1S/C18H23N3O5/c1-4-12(5-2)19-15(22)9-21-16(23)18(3,20-17(21)24)11-6-7-13-14(8-11)26-10-25-13/h6-8,12H,4-5,9-10H2,1-3H3,(H,19,22)(H,20,24)/t18-/m1/s1. The van der Waals surface area contributed by atoms with Crippen LogP contribution in [0.5, 0.6) is 11.5 Å². The van der Waals surface area contributed by atoms with Gasteiger partial charge in [-0.1, -0.05) is 19.9 Å². The Morgan fingerprint density at radius 1 is 1.27 bits per heavy atom. The number of ether oxygens (including phenoxy) is 2. The fourth-order valence-electron chi connectivity index (χ4n) is 3.15. The Kier molecular flexibility index (Phi) is 4.76. The summed E-state index contributed by atoms with van der Waals surface area (Å²) in [5, 5.41) is 5.52. The molecule has 0 aliphatic carbocycles. The van der Waals surface area contributed by atoms with E-state index in [0.717, 1.165) is 17.7 Å². The maximum absolute atomic E-state index is 12.9. The number of carbonyl (C=O) groups excluding carboxylic acids is 3. The first kappa shape index (κ1) is 18.0. The molecular weight excluding hydrogens is 338 g/mol. The van der Waals surface area contributed by atoms with Crippen LogP contribution in [0.3, 0.4) is 0 Å². The zero-order chi connectivity index (χ0) is 18.9. The van der Waals surface area contributed by atoms with Crippen LogP contribution in [0, 0.1) is 0 Å². The van der Waals surface area contributed by atoms with Crippen molar-refractivity contribution in [3.8, 4) is 11.5 Å². The molecule has 0 spiro atoms. The van der Waals surface area contributed by atoms with Crippen LogP contribution in [-0.4, -0.2) is 42.1 Å². The second kappa shape index (κ2) is 6.86. The quantitative estimate of drug-likeness (QED) is 0.748. The minimum absolute atomic E-state index is 0.0310. The van der Waals surface area contributed by atoms with Crippen LogP contribution in [0.1, 0.15) is 39.2 Å². The lowest BCUT2D eigenvalue weighted by Crippen LogP contribution is -2.45. The Hall–Kier alpha value is -2.77. The van der Waals surface area contributed by atoms with Gasteiger partial charge in [-0.2, -0.15) is 0 Å². The molecule has 1 atom stereocenters. The van der Waals surface area contributed by atoms with E-state index in [4.69, 9.17) is 9.47 Å². The van der Waals surface area contributed by atoms with Crippen LogP contribution >= 0.6 is 0 Å². The largest absolute Gasteiger partial charge is 0.454 e. The predicted molar refractivity (Wildman–Crippen MR) is 92.7 cm³/mol. The van der Waals surface area contributed by atoms with E-state index in [0.29, 0.717) is 17.1 Å². The number of hydrogen-bond acceptors (Lipinski definition) is 5. The Balaban J connectivity index is 1.76. The number of fused-ring (bicyclic) bond motifs is 1. The summed E-state index contributed by atoms with van der Waals surface area (Å²) in [6, 6.07) is 4.52. The molecule has 0 radical (unpaired) electrons. The van der Waals surface area contributed by atoms with Crippen LogP contribution in [0.2, 0.25) is 0 Å². The molecule has 0 aromatic heterocycles. The van der Waals surface area contributed by atoms with Gasteiger partial charge in [0, 0.05) is 6.04 Å². The molecule has 1 saturated heterocycles. The molecule has 26 heavy (non-hydrogen) atoms. The third-order valence-corrected chi connectivity index (χ3v) is 4.88. The zero-order valence-electron chi connectivity index (χ0n) is 15.1. The van der Waals surface area contributed by atoms with E-state index in [-0.39, 0.29) is 25.3 Å². The lowest BCUT2D eigenvalue weighted by molar-refractivity contribution is -0.135. The topological polar surface area (TPSA) is 97.0 Å². The lowest BCUT2D eigenvalue weighted by Gasteiger charge is -2.22. The maximum atomic E-state index is 12.9. The van der Waals surface area contributed by atoms with Crippen molar-refractivity contribution in [3.05, 3.63) is 23.8 Å². The molecule has 2 aliphatic rings. The minimum Gasteiger partial charge on any atom is -0.454 e. The maximum Gasteiger partial charge on any atom is 0.325 e. The number of rotatable bonds is 6. The molecule has 3 rings (SSSR count). The Labute approximate surface area is 151 Å². The second-order valence-corrected chi connectivity index (χ2v) is 6.60. The van der Waals surface area contributed by atoms with Gasteiger partial charge in [0.2, 0.25) is 12.7 Å². The first-order valence-corrected chi connectivity index (χ1v) is 8.72. The van der Waals surface area contributed by atoms with Gasteiger partial charge in [-0.15, -0.1) is 0 Å². The fraction of sp³-hybridized carbons (Fsp3) is 0.500. The van der Waals surface area contributed by atoms with Crippen molar-refractivity contribution in [2.75, 3.05) is 13.3 Å². The van der Waals surface area contributed by atoms with Crippen LogP contribution in [-0.2, 0) is 15.1 Å². The van der Waals surface area contributed by atoms with Crippen molar-refractivity contribution in [1.29, 1.82) is 0 Å². The summed E-state index contributed by atoms with van der Waals surface area (Å²) in [5.41, 5.74) is -0.684. The van der Waals surface area contributed by atoms with Gasteiger partial charge in [-0.25, -0.2) is 4.79 Å². The van der Waals surface area contributed by atoms with Crippen molar-refractivity contribution < 1.29 is 23.9 Å². The number of benzene rings is 1. The number of nitrogens with one attached hydrogen (secondary N) is 2. The molecule has 8 nitrogen and oxygen atoms in total. The third-order valence-electron chi connectivity index (χ3n) is 4.88. The van der Waals surface area contributed by atoms with Crippen LogP contribution < -0.4 is 20.1 Å². The van der Waals surface area contributed by atoms with Gasteiger partial charge in [-0.3, -0.25) is 14.5 Å². The van der Waals surface area contributed by atoms with E-state index in [9.17, 15) is 14.4 Å². The van der Waals surface area contributed by atoms with Gasteiger partial charge in [0.25, 0.3) is 5.91 Å². The highest BCUT2D eigenvalue weighted by atomic mass is 16.7. The summed E-state index contributed by atoms with van der Waals surface area (Å²) in [4.78, 5) is 38.4. The fourth-order valence-corrected chi connectivity index (χ4v) is 3.15. The smallest absolute Gasteiger partial charge is 0.325 e. The SMILES string of the molecule is CCC(CC)NC(=O)CN1C(=O)N[C@](C)(c2ccc3c(c2)OCO3)C1=O. The molecule has 8 heteroatoms. The third kappa shape index (κ3) is 3.07. The first-order chi connectivity index (χ1) is 12.4. The van der Waals surface area contributed by atoms with Gasteiger partial charge in [-0.05, 0) is 37.5 Å². The van der Waals surface area contributed by atoms with Crippen LogP contribution in [0.25, 0.3) is 0 Å². The lowest BCUT2D eigenvalue weighted by atomic mass is 9.91. The number of hydrogen-bond donors (Lipinski definition) is 2. The van der Waals surface area contributed by atoms with E-state index in [2.05, 4.69) is 10.6 Å². The number of imide groups is 1. The van der Waals surface area contributed by atoms with Gasteiger partial charge >= 0.3 is 6.03 Å². The molecule has 0 saturated carbocycles. The molecule has 140 valence electrons. The first-order valence-electron chi connectivity index (χ1n) is 8.72.